The molecule has 4 rings (SSSR count). The van der Waals surface area contributed by atoms with Crippen LogP contribution in [-0.4, -0.2) is 28.6 Å². The number of hydrogen-bond donors (Lipinski definition) is 0. The van der Waals surface area contributed by atoms with E-state index in [1.807, 2.05) is 6.07 Å². The van der Waals surface area contributed by atoms with E-state index in [1.54, 1.807) is 14.2 Å². The molecule has 0 spiro atoms. The first-order valence-electron chi connectivity index (χ1n) is 6.33. The Kier molecular flexibility index (Phi) is 1.90. The van der Waals surface area contributed by atoms with Crippen LogP contribution in [0.1, 0.15) is 42.5 Å². The summed E-state index contributed by atoms with van der Waals surface area (Å²) in [6.07, 6.45) is 3.78. The fraction of sp³-hybridized carbons (Fsp3) is 0.538. The molecule has 5 nitrogen and oxygen atoms in total. The summed E-state index contributed by atoms with van der Waals surface area (Å²) < 4.78 is 12.7. The van der Waals surface area contributed by atoms with E-state index < -0.39 is 0 Å². The van der Waals surface area contributed by atoms with E-state index in [-0.39, 0.29) is 0 Å². The molecule has 0 radical (unpaired) electrons. The minimum atomic E-state index is 0.551. The van der Waals surface area contributed by atoms with Crippen molar-refractivity contribution in [2.75, 3.05) is 14.2 Å². The van der Waals surface area contributed by atoms with Crippen LogP contribution in [-0.2, 0) is 0 Å². The maximum absolute atomic E-state index is 5.46. The van der Waals surface area contributed by atoms with Crippen LogP contribution in [0, 0.1) is 0 Å². The lowest BCUT2D eigenvalue weighted by Gasteiger charge is -2.12. The van der Waals surface area contributed by atoms with Crippen molar-refractivity contribution in [2.45, 2.75) is 31.1 Å². The molecule has 0 aromatic carbocycles. The zero-order valence-corrected chi connectivity index (χ0v) is 10.5. The van der Waals surface area contributed by atoms with Crippen molar-refractivity contribution in [2.24, 2.45) is 0 Å². The van der Waals surface area contributed by atoms with Crippen LogP contribution in [0.25, 0.3) is 5.78 Å². The molecular weight excluding hydrogens is 230 g/mol. The monoisotopic (exact) mass is 245 g/mol. The highest BCUT2D eigenvalue weighted by molar-refractivity contribution is 5.48. The summed E-state index contributed by atoms with van der Waals surface area (Å²) in [5.74, 6) is 3.27. The van der Waals surface area contributed by atoms with Gasteiger partial charge in [0.2, 0.25) is 17.5 Å². The molecule has 2 unspecified atom stereocenters. The van der Waals surface area contributed by atoms with E-state index in [4.69, 9.17) is 9.47 Å². The van der Waals surface area contributed by atoms with Crippen molar-refractivity contribution in [1.82, 2.24) is 14.4 Å². The van der Waals surface area contributed by atoms with Gasteiger partial charge in [-0.3, -0.25) is 4.40 Å². The average molecular weight is 245 g/mol. The van der Waals surface area contributed by atoms with Crippen LogP contribution in [0.4, 0.5) is 0 Å². The first kappa shape index (κ1) is 10.2. The number of rotatable bonds is 2. The SMILES string of the molecule is COc1cc(OC)n2c3c(nc2n1)C1CCC3C1. The molecule has 0 saturated heterocycles. The fourth-order valence-electron chi connectivity index (χ4n) is 3.46. The van der Waals surface area contributed by atoms with Crippen LogP contribution in [0.15, 0.2) is 6.07 Å². The molecule has 2 aliphatic carbocycles. The molecule has 0 amide bonds. The first-order chi connectivity index (χ1) is 8.81. The lowest BCUT2D eigenvalue weighted by Crippen LogP contribution is -2.04. The summed E-state index contributed by atoms with van der Waals surface area (Å²) in [5.41, 5.74) is 2.54. The summed E-state index contributed by atoms with van der Waals surface area (Å²) in [7, 11) is 3.28. The van der Waals surface area contributed by atoms with Crippen molar-refractivity contribution in [3.8, 4) is 11.8 Å². The topological polar surface area (TPSA) is 48.7 Å². The number of hydrogen-bond acceptors (Lipinski definition) is 4. The van der Waals surface area contributed by atoms with Gasteiger partial charge in [0.25, 0.3) is 0 Å². The van der Waals surface area contributed by atoms with Gasteiger partial charge in [-0.25, -0.2) is 4.98 Å². The zero-order chi connectivity index (χ0) is 12.3. The Morgan fingerprint density at radius 3 is 2.78 bits per heavy atom. The Bertz CT molecular complexity index is 635. The molecule has 2 aromatic heterocycles. The zero-order valence-electron chi connectivity index (χ0n) is 10.5. The molecule has 1 saturated carbocycles. The second kappa shape index (κ2) is 3.37. The Morgan fingerprint density at radius 1 is 1.17 bits per heavy atom. The second-order valence-electron chi connectivity index (χ2n) is 5.07. The Morgan fingerprint density at radius 2 is 2.00 bits per heavy atom. The van der Waals surface area contributed by atoms with Crippen LogP contribution in [0.2, 0.25) is 0 Å². The second-order valence-corrected chi connectivity index (χ2v) is 5.07. The van der Waals surface area contributed by atoms with Crippen LogP contribution >= 0.6 is 0 Å². The van der Waals surface area contributed by atoms with E-state index in [0.717, 1.165) is 5.88 Å². The molecule has 2 heterocycles. The molecule has 94 valence electrons. The molecule has 5 heteroatoms. The third-order valence-corrected chi connectivity index (χ3v) is 4.23. The molecule has 2 aliphatic rings. The van der Waals surface area contributed by atoms with E-state index in [2.05, 4.69) is 14.4 Å². The average Bonchev–Trinajstić information content (AvgIpc) is 3.07. The minimum Gasteiger partial charge on any atom is -0.482 e. The molecule has 1 fully saturated rings. The minimum absolute atomic E-state index is 0.551. The lowest BCUT2D eigenvalue weighted by molar-refractivity contribution is 0.367. The maximum atomic E-state index is 5.46. The van der Waals surface area contributed by atoms with Gasteiger partial charge in [0.15, 0.2) is 0 Å². The number of fused-ring (bicyclic) bond motifs is 7. The summed E-state index contributed by atoms with van der Waals surface area (Å²) in [6, 6.07) is 1.82. The lowest BCUT2D eigenvalue weighted by atomic mass is 10.0. The van der Waals surface area contributed by atoms with Crippen molar-refractivity contribution in [3.63, 3.8) is 0 Å². The number of ether oxygens (including phenoxy) is 2. The molecule has 0 aliphatic heterocycles. The van der Waals surface area contributed by atoms with Gasteiger partial charge in [-0.1, -0.05) is 0 Å². The number of aromatic nitrogens is 3. The molecular formula is C13H15N3O2. The number of methoxy groups -OCH3 is 2. The molecule has 0 N–H and O–H groups in total. The third-order valence-electron chi connectivity index (χ3n) is 4.23. The highest BCUT2D eigenvalue weighted by Gasteiger charge is 2.41. The number of nitrogens with zero attached hydrogens (tertiary/aromatic N) is 3. The normalized spacial score (nSPS) is 24.6. The number of imidazole rings is 1. The smallest absolute Gasteiger partial charge is 0.240 e. The van der Waals surface area contributed by atoms with E-state index in [1.165, 1.54) is 30.7 Å². The standard InChI is InChI=1S/C13H15N3O2/c1-17-9-6-10(18-2)16-12-8-4-3-7(5-8)11(12)15-13(16)14-9/h6-8H,3-5H2,1-2H3. The highest BCUT2D eigenvalue weighted by Crippen LogP contribution is 2.53. The van der Waals surface area contributed by atoms with Gasteiger partial charge in [-0.2, -0.15) is 4.98 Å². The van der Waals surface area contributed by atoms with E-state index >= 15 is 0 Å². The molecule has 2 aromatic rings. The van der Waals surface area contributed by atoms with Crippen molar-refractivity contribution >= 4 is 5.78 Å². The van der Waals surface area contributed by atoms with Gasteiger partial charge in [-0.15, -0.1) is 0 Å². The Labute approximate surface area is 105 Å². The predicted molar refractivity (Wildman–Crippen MR) is 65.4 cm³/mol. The molecule has 18 heavy (non-hydrogen) atoms. The van der Waals surface area contributed by atoms with Gasteiger partial charge in [0.05, 0.1) is 31.7 Å². The fourth-order valence-corrected chi connectivity index (χ4v) is 3.46. The van der Waals surface area contributed by atoms with Crippen LogP contribution < -0.4 is 9.47 Å². The third kappa shape index (κ3) is 1.11. The first-order valence-corrected chi connectivity index (χ1v) is 6.33. The van der Waals surface area contributed by atoms with Crippen LogP contribution in [0.3, 0.4) is 0 Å². The van der Waals surface area contributed by atoms with Crippen molar-refractivity contribution in [1.29, 1.82) is 0 Å². The van der Waals surface area contributed by atoms with Gasteiger partial charge in [0, 0.05) is 11.8 Å². The predicted octanol–water partition coefficient (Wildman–Crippen LogP) is 2.11. The summed E-state index contributed by atoms with van der Waals surface area (Å²) in [5, 5.41) is 0. The molecule has 2 atom stereocenters. The Hall–Kier alpha value is -1.78. The summed E-state index contributed by atoms with van der Waals surface area (Å²) >= 11 is 0. The van der Waals surface area contributed by atoms with Crippen molar-refractivity contribution < 1.29 is 9.47 Å². The summed E-state index contributed by atoms with van der Waals surface area (Å²) in [4.78, 5) is 9.10. The summed E-state index contributed by atoms with van der Waals surface area (Å²) in [6.45, 7) is 0. The quantitative estimate of drug-likeness (QED) is 0.813. The van der Waals surface area contributed by atoms with Gasteiger partial charge < -0.3 is 9.47 Å². The van der Waals surface area contributed by atoms with E-state index in [9.17, 15) is 0 Å². The van der Waals surface area contributed by atoms with Gasteiger partial charge in [-0.05, 0) is 19.3 Å². The largest absolute Gasteiger partial charge is 0.482 e. The van der Waals surface area contributed by atoms with Gasteiger partial charge >= 0.3 is 0 Å². The van der Waals surface area contributed by atoms with Gasteiger partial charge in [0.1, 0.15) is 0 Å². The van der Waals surface area contributed by atoms with Crippen LogP contribution in [0.5, 0.6) is 11.8 Å². The molecule has 2 bridgehead atoms. The van der Waals surface area contributed by atoms with Crippen molar-refractivity contribution in [3.05, 3.63) is 17.5 Å². The Balaban J connectivity index is 2.04. The maximum Gasteiger partial charge on any atom is 0.240 e. The highest BCUT2D eigenvalue weighted by atomic mass is 16.5. The van der Waals surface area contributed by atoms with E-state index in [0.29, 0.717) is 23.5 Å².